The average Bonchev–Trinajstić information content (AvgIpc) is 2.21. The van der Waals surface area contributed by atoms with E-state index in [-0.39, 0.29) is 17.9 Å². The van der Waals surface area contributed by atoms with Gasteiger partial charge in [0.15, 0.2) is 11.6 Å². The standard InChI is InChI=1S/C9H14FN3O2/c1-12-4-7(14)8(15)5-2-6(10)9(11)13-3-5/h2-3,7-8,12,14-15H,4H2,1H3,(H2,11,13). The maximum absolute atomic E-state index is 13.0. The van der Waals surface area contributed by atoms with E-state index in [4.69, 9.17) is 5.73 Å². The molecular formula is C9H14FN3O2. The van der Waals surface area contributed by atoms with Gasteiger partial charge < -0.3 is 21.3 Å². The molecule has 5 N–H and O–H groups in total. The number of aromatic nitrogens is 1. The fraction of sp³-hybridized carbons (Fsp3) is 0.444. The van der Waals surface area contributed by atoms with Crippen LogP contribution in [0.15, 0.2) is 12.3 Å². The zero-order valence-corrected chi connectivity index (χ0v) is 8.31. The molecule has 1 aromatic heterocycles. The van der Waals surface area contributed by atoms with Crippen LogP contribution in [0.2, 0.25) is 0 Å². The monoisotopic (exact) mass is 215 g/mol. The minimum absolute atomic E-state index is 0.199. The highest BCUT2D eigenvalue weighted by Gasteiger charge is 2.18. The first-order valence-electron chi connectivity index (χ1n) is 4.48. The summed E-state index contributed by atoms with van der Waals surface area (Å²) in [5.74, 6) is -0.933. The Morgan fingerprint density at radius 1 is 1.60 bits per heavy atom. The number of hydrogen-bond acceptors (Lipinski definition) is 5. The van der Waals surface area contributed by atoms with E-state index >= 15 is 0 Å². The Balaban J connectivity index is 2.81. The first-order valence-corrected chi connectivity index (χ1v) is 4.48. The molecule has 84 valence electrons. The first kappa shape index (κ1) is 11.8. The molecule has 0 amide bonds. The number of rotatable bonds is 4. The molecule has 0 saturated carbocycles. The van der Waals surface area contributed by atoms with Gasteiger partial charge in [-0.05, 0) is 13.1 Å². The summed E-state index contributed by atoms with van der Waals surface area (Å²) in [5, 5.41) is 21.7. The van der Waals surface area contributed by atoms with Crippen LogP contribution in [0.4, 0.5) is 10.2 Å². The third-order valence-corrected chi connectivity index (χ3v) is 2.01. The second-order valence-corrected chi connectivity index (χ2v) is 3.21. The SMILES string of the molecule is CNCC(O)C(O)c1cnc(N)c(F)c1. The van der Waals surface area contributed by atoms with E-state index in [9.17, 15) is 14.6 Å². The summed E-state index contributed by atoms with van der Waals surface area (Å²) in [7, 11) is 1.64. The maximum Gasteiger partial charge on any atom is 0.165 e. The fourth-order valence-corrected chi connectivity index (χ4v) is 1.17. The van der Waals surface area contributed by atoms with E-state index < -0.39 is 18.0 Å². The van der Waals surface area contributed by atoms with Crippen LogP contribution in [0.1, 0.15) is 11.7 Å². The van der Waals surface area contributed by atoms with Gasteiger partial charge in [-0.3, -0.25) is 0 Å². The zero-order valence-electron chi connectivity index (χ0n) is 8.31. The largest absolute Gasteiger partial charge is 0.389 e. The number of likely N-dealkylation sites (N-methyl/N-ethyl adjacent to an activating group) is 1. The van der Waals surface area contributed by atoms with Crippen LogP contribution in [0, 0.1) is 5.82 Å². The lowest BCUT2D eigenvalue weighted by Crippen LogP contribution is -2.29. The van der Waals surface area contributed by atoms with Gasteiger partial charge in [-0.15, -0.1) is 0 Å². The highest BCUT2D eigenvalue weighted by atomic mass is 19.1. The minimum atomic E-state index is -1.18. The first-order chi connectivity index (χ1) is 7.06. The van der Waals surface area contributed by atoms with Crippen LogP contribution in [-0.4, -0.2) is 34.9 Å². The number of nitrogens with two attached hydrogens (primary N) is 1. The topological polar surface area (TPSA) is 91.4 Å². The molecule has 0 aromatic carbocycles. The molecule has 0 aliphatic heterocycles. The van der Waals surface area contributed by atoms with Crippen molar-refractivity contribution in [2.24, 2.45) is 0 Å². The molecule has 0 aliphatic carbocycles. The molecule has 0 fully saturated rings. The second kappa shape index (κ2) is 5.01. The molecule has 1 rings (SSSR count). The second-order valence-electron chi connectivity index (χ2n) is 3.21. The van der Waals surface area contributed by atoms with Gasteiger partial charge in [0.25, 0.3) is 0 Å². The fourth-order valence-electron chi connectivity index (χ4n) is 1.17. The highest BCUT2D eigenvalue weighted by Crippen LogP contribution is 2.18. The summed E-state index contributed by atoms with van der Waals surface area (Å²) in [6.07, 6.45) is -0.957. The summed E-state index contributed by atoms with van der Waals surface area (Å²) < 4.78 is 13.0. The smallest absolute Gasteiger partial charge is 0.165 e. The van der Waals surface area contributed by atoms with Gasteiger partial charge in [-0.2, -0.15) is 0 Å². The number of nitrogens with zero attached hydrogens (tertiary/aromatic N) is 1. The van der Waals surface area contributed by atoms with Crippen molar-refractivity contribution in [2.75, 3.05) is 19.3 Å². The Hall–Kier alpha value is -1.24. The van der Waals surface area contributed by atoms with Crippen LogP contribution in [0.25, 0.3) is 0 Å². The predicted molar refractivity (Wildman–Crippen MR) is 53.5 cm³/mol. The van der Waals surface area contributed by atoms with E-state index in [0.29, 0.717) is 0 Å². The van der Waals surface area contributed by atoms with Crippen molar-refractivity contribution in [1.82, 2.24) is 10.3 Å². The van der Waals surface area contributed by atoms with Crippen LogP contribution in [0.3, 0.4) is 0 Å². The quantitative estimate of drug-likeness (QED) is 0.539. The molecule has 5 nitrogen and oxygen atoms in total. The van der Waals surface area contributed by atoms with Crippen LogP contribution < -0.4 is 11.1 Å². The Labute approximate surface area is 86.8 Å². The molecule has 0 radical (unpaired) electrons. The molecule has 0 aliphatic rings. The Morgan fingerprint density at radius 2 is 2.27 bits per heavy atom. The number of aliphatic hydroxyl groups excluding tert-OH is 2. The molecular weight excluding hydrogens is 201 g/mol. The summed E-state index contributed by atoms with van der Waals surface area (Å²) in [6.45, 7) is 0.202. The van der Waals surface area contributed by atoms with Crippen molar-refractivity contribution >= 4 is 5.82 Å². The van der Waals surface area contributed by atoms with E-state index in [1.807, 2.05) is 0 Å². The molecule has 6 heteroatoms. The predicted octanol–water partition coefficient (Wildman–Crippen LogP) is -0.583. The summed E-state index contributed by atoms with van der Waals surface area (Å²) >= 11 is 0. The molecule has 2 unspecified atom stereocenters. The van der Waals surface area contributed by atoms with Crippen molar-refractivity contribution in [2.45, 2.75) is 12.2 Å². The zero-order chi connectivity index (χ0) is 11.4. The van der Waals surface area contributed by atoms with Crippen molar-refractivity contribution in [3.63, 3.8) is 0 Å². The van der Waals surface area contributed by atoms with Gasteiger partial charge in [-0.1, -0.05) is 0 Å². The Morgan fingerprint density at radius 3 is 2.80 bits per heavy atom. The third-order valence-electron chi connectivity index (χ3n) is 2.01. The van der Waals surface area contributed by atoms with Gasteiger partial charge in [0.2, 0.25) is 0 Å². The summed E-state index contributed by atoms with van der Waals surface area (Å²) in [6, 6.07) is 1.06. The number of halogens is 1. The molecule has 0 saturated heterocycles. The Bertz CT molecular complexity index is 335. The van der Waals surface area contributed by atoms with Crippen molar-refractivity contribution < 1.29 is 14.6 Å². The number of nitrogens with one attached hydrogen (secondary N) is 1. The number of aliphatic hydroxyl groups is 2. The molecule has 15 heavy (non-hydrogen) atoms. The lowest BCUT2D eigenvalue weighted by Gasteiger charge is -2.17. The molecule has 1 aromatic rings. The Kier molecular flexibility index (Phi) is 3.96. The van der Waals surface area contributed by atoms with Crippen LogP contribution in [0.5, 0.6) is 0 Å². The normalized spacial score (nSPS) is 14.9. The van der Waals surface area contributed by atoms with E-state index in [0.717, 1.165) is 6.07 Å². The minimum Gasteiger partial charge on any atom is -0.389 e. The highest BCUT2D eigenvalue weighted by molar-refractivity contribution is 5.32. The van der Waals surface area contributed by atoms with E-state index in [1.54, 1.807) is 7.05 Å². The van der Waals surface area contributed by atoms with Crippen molar-refractivity contribution in [3.05, 3.63) is 23.6 Å². The summed E-state index contributed by atoms with van der Waals surface area (Å²) in [5.41, 5.74) is 5.38. The van der Waals surface area contributed by atoms with Gasteiger partial charge in [-0.25, -0.2) is 9.37 Å². The van der Waals surface area contributed by atoms with Gasteiger partial charge >= 0.3 is 0 Å². The van der Waals surface area contributed by atoms with Crippen molar-refractivity contribution in [3.8, 4) is 0 Å². The average molecular weight is 215 g/mol. The summed E-state index contributed by atoms with van der Waals surface area (Å²) in [4.78, 5) is 3.55. The molecule has 0 bridgehead atoms. The number of anilines is 1. The van der Waals surface area contributed by atoms with Crippen molar-refractivity contribution in [1.29, 1.82) is 0 Å². The maximum atomic E-state index is 13.0. The van der Waals surface area contributed by atoms with E-state index in [2.05, 4.69) is 10.3 Å². The number of nitrogen functional groups attached to an aromatic ring is 1. The van der Waals surface area contributed by atoms with Gasteiger partial charge in [0, 0.05) is 18.3 Å². The lowest BCUT2D eigenvalue weighted by atomic mass is 10.1. The molecule has 0 spiro atoms. The van der Waals surface area contributed by atoms with Crippen LogP contribution in [-0.2, 0) is 0 Å². The molecule has 2 atom stereocenters. The number of hydrogen-bond donors (Lipinski definition) is 4. The third kappa shape index (κ3) is 2.85. The number of pyridine rings is 1. The lowest BCUT2D eigenvalue weighted by molar-refractivity contribution is 0.0199. The van der Waals surface area contributed by atoms with E-state index in [1.165, 1.54) is 6.20 Å². The van der Waals surface area contributed by atoms with Gasteiger partial charge in [0.1, 0.15) is 6.10 Å². The van der Waals surface area contributed by atoms with Gasteiger partial charge in [0.05, 0.1) is 6.10 Å². The molecule has 1 heterocycles. The van der Waals surface area contributed by atoms with Crippen LogP contribution >= 0.6 is 0 Å².